The molecule has 0 amide bonds. The standard InChI is InChI=1S/C17H14N2O3/c1-11-4-3-5-15(10-11)21-17(20)14-8-6-13(7-9-14)16-18-12(2)19-22-16/h3-10H,1-2H3. The SMILES string of the molecule is Cc1cccc(OC(=O)c2ccc(-c3nc(C)no3)cc2)c1. The van der Waals surface area contributed by atoms with Gasteiger partial charge in [-0.1, -0.05) is 17.3 Å². The Morgan fingerprint density at radius 3 is 2.50 bits per heavy atom. The molecule has 0 aliphatic rings. The number of rotatable bonds is 3. The van der Waals surface area contributed by atoms with E-state index in [0.29, 0.717) is 23.0 Å². The van der Waals surface area contributed by atoms with Gasteiger partial charge in [-0.15, -0.1) is 0 Å². The first-order chi connectivity index (χ1) is 10.6. The highest BCUT2D eigenvalue weighted by Gasteiger charge is 2.11. The third-order valence-electron chi connectivity index (χ3n) is 3.10. The van der Waals surface area contributed by atoms with Gasteiger partial charge in [-0.25, -0.2) is 4.79 Å². The summed E-state index contributed by atoms with van der Waals surface area (Å²) in [6.45, 7) is 3.69. The van der Waals surface area contributed by atoms with Gasteiger partial charge in [-0.3, -0.25) is 0 Å². The molecule has 5 nitrogen and oxygen atoms in total. The molecule has 0 aliphatic heterocycles. The Labute approximate surface area is 127 Å². The van der Waals surface area contributed by atoms with E-state index in [1.807, 2.05) is 25.1 Å². The Hall–Kier alpha value is -2.95. The maximum atomic E-state index is 12.1. The van der Waals surface area contributed by atoms with Crippen LogP contribution in [0, 0.1) is 13.8 Å². The number of benzene rings is 2. The van der Waals surface area contributed by atoms with Crippen LogP contribution in [0.5, 0.6) is 5.75 Å². The Kier molecular flexibility index (Phi) is 3.70. The number of hydrogen-bond donors (Lipinski definition) is 0. The lowest BCUT2D eigenvalue weighted by Gasteiger charge is -2.05. The van der Waals surface area contributed by atoms with Gasteiger partial charge in [0.1, 0.15) is 5.75 Å². The lowest BCUT2D eigenvalue weighted by atomic mass is 10.1. The van der Waals surface area contributed by atoms with Crippen LogP contribution in [-0.2, 0) is 0 Å². The Bertz CT molecular complexity index is 807. The number of nitrogens with zero attached hydrogens (tertiary/aromatic N) is 2. The number of esters is 1. The van der Waals surface area contributed by atoms with Crippen molar-refractivity contribution >= 4 is 5.97 Å². The highest BCUT2D eigenvalue weighted by Crippen LogP contribution is 2.19. The van der Waals surface area contributed by atoms with Crippen molar-refractivity contribution in [2.45, 2.75) is 13.8 Å². The van der Waals surface area contributed by atoms with E-state index >= 15 is 0 Å². The molecule has 0 aliphatic carbocycles. The summed E-state index contributed by atoms with van der Waals surface area (Å²) in [7, 11) is 0. The van der Waals surface area contributed by atoms with Crippen molar-refractivity contribution in [2.75, 3.05) is 0 Å². The highest BCUT2D eigenvalue weighted by molar-refractivity contribution is 5.91. The molecule has 110 valence electrons. The molecular weight excluding hydrogens is 280 g/mol. The summed E-state index contributed by atoms with van der Waals surface area (Å²) in [5.74, 6) is 1.12. The zero-order valence-electron chi connectivity index (χ0n) is 12.2. The first-order valence-corrected chi connectivity index (χ1v) is 6.81. The minimum Gasteiger partial charge on any atom is -0.423 e. The highest BCUT2D eigenvalue weighted by atomic mass is 16.5. The summed E-state index contributed by atoms with van der Waals surface area (Å²) in [6.07, 6.45) is 0. The van der Waals surface area contributed by atoms with Crippen molar-refractivity contribution in [3.8, 4) is 17.2 Å². The number of aromatic nitrogens is 2. The lowest BCUT2D eigenvalue weighted by molar-refractivity contribution is 0.0734. The van der Waals surface area contributed by atoms with Crippen LogP contribution in [0.15, 0.2) is 53.1 Å². The van der Waals surface area contributed by atoms with Gasteiger partial charge in [0, 0.05) is 5.56 Å². The van der Waals surface area contributed by atoms with Gasteiger partial charge in [0.25, 0.3) is 5.89 Å². The molecule has 0 saturated heterocycles. The second-order valence-corrected chi connectivity index (χ2v) is 4.93. The van der Waals surface area contributed by atoms with E-state index in [4.69, 9.17) is 9.26 Å². The Balaban J connectivity index is 1.76. The van der Waals surface area contributed by atoms with Crippen molar-refractivity contribution in [1.82, 2.24) is 10.1 Å². The summed E-state index contributed by atoms with van der Waals surface area (Å²) in [5, 5.41) is 3.74. The van der Waals surface area contributed by atoms with E-state index in [2.05, 4.69) is 10.1 Å². The number of ether oxygens (including phenoxy) is 1. The molecule has 1 aromatic heterocycles. The summed E-state index contributed by atoms with van der Waals surface area (Å²) in [5.41, 5.74) is 2.25. The molecule has 0 atom stereocenters. The summed E-state index contributed by atoms with van der Waals surface area (Å²) < 4.78 is 10.4. The molecule has 0 N–H and O–H groups in total. The predicted octanol–water partition coefficient (Wildman–Crippen LogP) is 3.57. The van der Waals surface area contributed by atoms with Crippen molar-refractivity contribution < 1.29 is 14.1 Å². The van der Waals surface area contributed by atoms with Gasteiger partial charge in [-0.2, -0.15) is 4.98 Å². The van der Waals surface area contributed by atoms with Crippen molar-refractivity contribution in [3.05, 3.63) is 65.5 Å². The minimum absolute atomic E-state index is 0.404. The van der Waals surface area contributed by atoms with Crippen LogP contribution in [-0.4, -0.2) is 16.1 Å². The smallest absolute Gasteiger partial charge is 0.343 e. The Morgan fingerprint density at radius 1 is 1.09 bits per heavy atom. The minimum atomic E-state index is -0.404. The van der Waals surface area contributed by atoms with Crippen LogP contribution in [0.3, 0.4) is 0 Å². The average Bonchev–Trinajstić information content (AvgIpc) is 2.94. The van der Waals surface area contributed by atoms with E-state index in [0.717, 1.165) is 11.1 Å². The fourth-order valence-corrected chi connectivity index (χ4v) is 2.01. The monoisotopic (exact) mass is 294 g/mol. The van der Waals surface area contributed by atoms with Gasteiger partial charge >= 0.3 is 5.97 Å². The molecule has 0 bridgehead atoms. The average molecular weight is 294 g/mol. The van der Waals surface area contributed by atoms with Crippen LogP contribution >= 0.6 is 0 Å². The molecular formula is C17H14N2O3. The second kappa shape index (κ2) is 5.81. The summed E-state index contributed by atoms with van der Waals surface area (Å²) in [6, 6.07) is 14.2. The maximum Gasteiger partial charge on any atom is 0.343 e. The fraction of sp³-hybridized carbons (Fsp3) is 0.118. The van der Waals surface area contributed by atoms with Gasteiger partial charge < -0.3 is 9.26 Å². The molecule has 1 heterocycles. The predicted molar refractivity (Wildman–Crippen MR) is 80.6 cm³/mol. The summed E-state index contributed by atoms with van der Waals surface area (Å²) >= 11 is 0. The van der Waals surface area contributed by atoms with Gasteiger partial charge in [0.05, 0.1) is 5.56 Å². The van der Waals surface area contributed by atoms with Crippen molar-refractivity contribution in [1.29, 1.82) is 0 Å². The first-order valence-electron chi connectivity index (χ1n) is 6.81. The summed E-state index contributed by atoms with van der Waals surface area (Å²) in [4.78, 5) is 16.2. The van der Waals surface area contributed by atoms with Crippen LogP contribution in [0.4, 0.5) is 0 Å². The number of aryl methyl sites for hydroxylation is 2. The van der Waals surface area contributed by atoms with E-state index < -0.39 is 5.97 Å². The lowest BCUT2D eigenvalue weighted by Crippen LogP contribution is -2.08. The van der Waals surface area contributed by atoms with Crippen LogP contribution in [0.2, 0.25) is 0 Å². The third-order valence-corrected chi connectivity index (χ3v) is 3.10. The van der Waals surface area contributed by atoms with E-state index in [1.54, 1.807) is 37.3 Å². The zero-order valence-corrected chi connectivity index (χ0v) is 12.2. The molecule has 0 fully saturated rings. The normalized spacial score (nSPS) is 10.5. The van der Waals surface area contributed by atoms with E-state index in [-0.39, 0.29) is 0 Å². The van der Waals surface area contributed by atoms with Crippen molar-refractivity contribution in [2.24, 2.45) is 0 Å². The third kappa shape index (κ3) is 3.03. The fourth-order valence-electron chi connectivity index (χ4n) is 2.01. The number of carbonyl (C=O) groups excluding carboxylic acids is 1. The number of hydrogen-bond acceptors (Lipinski definition) is 5. The first kappa shape index (κ1) is 14.0. The van der Waals surface area contributed by atoms with Crippen molar-refractivity contribution in [3.63, 3.8) is 0 Å². The molecule has 0 spiro atoms. The van der Waals surface area contributed by atoms with Gasteiger partial charge in [-0.05, 0) is 55.8 Å². The van der Waals surface area contributed by atoms with Gasteiger partial charge in [0.15, 0.2) is 5.82 Å². The van der Waals surface area contributed by atoms with Crippen LogP contribution in [0.1, 0.15) is 21.7 Å². The molecule has 0 unspecified atom stereocenters. The Morgan fingerprint density at radius 2 is 1.86 bits per heavy atom. The molecule has 5 heteroatoms. The zero-order chi connectivity index (χ0) is 15.5. The van der Waals surface area contributed by atoms with Crippen LogP contribution in [0.25, 0.3) is 11.5 Å². The maximum absolute atomic E-state index is 12.1. The molecule has 22 heavy (non-hydrogen) atoms. The molecule has 2 aromatic carbocycles. The molecule has 0 radical (unpaired) electrons. The second-order valence-electron chi connectivity index (χ2n) is 4.93. The molecule has 3 rings (SSSR count). The quantitative estimate of drug-likeness (QED) is 0.545. The molecule has 0 saturated carbocycles. The van der Waals surface area contributed by atoms with Gasteiger partial charge in [0.2, 0.25) is 0 Å². The largest absolute Gasteiger partial charge is 0.423 e. The topological polar surface area (TPSA) is 65.2 Å². The molecule has 3 aromatic rings. The van der Waals surface area contributed by atoms with E-state index in [1.165, 1.54) is 0 Å². The van der Waals surface area contributed by atoms with E-state index in [9.17, 15) is 4.79 Å². The van der Waals surface area contributed by atoms with Crippen LogP contribution < -0.4 is 4.74 Å². The number of carbonyl (C=O) groups is 1.